The van der Waals surface area contributed by atoms with E-state index in [1.54, 1.807) is 0 Å². The molecule has 0 spiro atoms. The fourth-order valence-corrected chi connectivity index (χ4v) is 4.58. The fraction of sp³-hybridized carbons (Fsp3) is 0.680. The molecule has 0 aliphatic heterocycles. The first-order valence-corrected chi connectivity index (χ1v) is 11.1. The number of rotatable bonds is 8. The minimum atomic E-state index is 0.170. The lowest BCUT2D eigenvalue weighted by molar-refractivity contribution is -0.124. The van der Waals surface area contributed by atoms with Gasteiger partial charge < -0.3 is 0 Å². The van der Waals surface area contributed by atoms with Crippen molar-refractivity contribution in [2.24, 2.45) is 17.8 Å². The summed E-state index contributed by atoms with van der Waals surface area (Å²) in [5, 5.41) is 0. The van der Waals surface area contributed by atoms with Crippen molar-refractivity contribution >= 4 is 11.6 Å². The van der Waals surface area contributed by atoms with Gasteiger partial charge in [0.25, 0.3) is 0 Å². The second-order valence-corrected chi connectivity index (χ2v) is 8.13. The molecule has 0 amide bonds. The number of carbonyl (C=O) groups excluding carboxylic acids is 2. The van der Waals surface area contributed by atoms with E-state index in [0.29, 0.717) is 36.2 Å². The van der Waals surface area contributed by atoms with Gasteiger partial charge in [-0.25, -0.2) is 0 Å². The topological polar surface area (TPSA) is 34.1 Å². The van der Waals surface area contributed by atoms with Gasteiger partial charge >= 0.3 is 0 Å². The van der Waals surface area contributed by atoms with Crippen molar-refractivity contribution in [3.8, 4) is 0 Å². The Bertz CT molecular complexity index is 602. The summed E-state index contributed by atoms with van der Waals surface area (Å²) >= 11 is 0. The Morgan fingerprint density at radius 3 is 2.33 bits per heavy atom. The summed E-state index contributed by atoms with van der Waals surface area (Å²) in [5.41, 5.74) is 3.27. The number of fused-ring (bicyclic) bond motifs is 1. The molecule has 3 unspecified atom stereocenters. The standard InChI is InChI=1S/C22H32O2.C3H8/c1-5-9-17(19(6-2)20(23)7-3)12-16-13-18-11-8-10-15(4)22(18)21(24)14-16;1-3-2/h8,10-11,16-17,19H,5-7,9,12-14H2,1-4H3;3H2,1-2H3. The first-order valence-electron chi connectivity index (χ1n) is 11.1. The van der Waals surface area contributed by atoms with E-state index < -0.39 is 0 Å². The monoisotopic (exact) mass is 372 g/mol. The van der Waals surface area contributed by atoms with Crippen LogP contribution in [-0.4, -0.2) is 11.6 Å². The maximum Gasteiger partial charge on any atom is 0.163 e. The summed E-state index contributed by atoms with van der Waals surface area (Å²) in [4.78, 5) is 25.0. The third-order valence-electron chi connectivity index (χ3n) is 5.69. The third-order valence-corrected chi connectivity index (χ3v) is 5.69. The number of benzene rings is 1. The second-order valence-electron chi connectivity index (χ2n) is 8.13. The molecule has 152 valence electrons. The molecule has 1 aromatic carbocycles. The Hall–Kier alpha value is -1.44. The van der Waals surface area contributed by atoms with Crippen LogP contribution in [0.15, 0.2) is 18.2 Å². The summed E-state index contributed by atoms with van der Waals surface area (Å²) in [6.45, 7) is 12.6. The van der Waals surface area contributed by atoms with E-state index in [9.17, 15) is 9.59 Å². The maximum atomic E-state index is 12.6. The average molecular weight is 373 g/mol. The third kappa shape index (κ3) is 6.59. The molecule has 0 fully saturated rings. The Morgan fingerprint density at radius 1 is 1.11 bits per heavy atom. The normalized spacial score (nSPS) is 18.1. The van der Waals surface area contributed by atoms with Crippen molar-refractivity contribution in [2.75, 3.05) is 0 Å². The summed E-state index contributed by atoms with van der Waals surface area (Å²) in [7, 11) is 0. The number of ketones is 2. The molecule has 0 saturated heterocycles. The quantitative estimate of drug-likeness (QED) is 0.494. The highest BCUT2D eigenvalue weighted by Crippen LogP contribution is 2.36. The molecule has 0 aromatic heterocycles. The first-order chi connectivity index (χ1) is 12.9. The van der Waals surface area contributed by atoms with Crippen LogP contribution < -0.4 is 0 Å². The molecule has 2 nitrogen and oxygen atoms in total. The van der Waals surface area contributed by atoms with Crippen molar-refractivity contribution in [1.29, 1.82) is 0 Å². The van der Waals surface area contributed by atoms with Gasteiger partial charge in [-0.3, -0.25) is 9.59 Å². The smallest absolute Gasteiger partial charge is 0.163 e. The molecule has 0 radical (unpaired) electrons. The van der Waals surface area contributed by atoms with Crippen molar-refractivity contribution in [3.05, 3.63) is 34.9 Å². The molecular formula is C25H40O2. The van der Waals surface area contributed by atoms with E-state index in [1.165, 1.54) is 12.0 Å². The molecular weight excluding hydrogens is 332 g/mol. The lowest BCUT2D eigenvalue weighted by atomic mass is 9.72. The van der Waals surface area contributed by atoms with Gasteiger partial charge in [0.15, 0.2) is 5.78 Å². The number of hydrogen-bond donors (Lipinski definition) is 0. The van der Waals surface area contributed by atoms with Crippen LogP contribution in [0.5, 0.6) is 0 Å². The summed E-state index contributed by atoms with van der Waals surface area (Å²) in [6, 6.07) is 6.20. The summed E-state index contributed by atoms with van der Waals surface area (Å²) in [6.07, 6.45) is 7.65. The van der Waals surface area contributed by atoms with E-state index in [2.05, 4.69) is 39.8 Å². The zero-order chi connectivity index (χ0) is 20.4. The highest BCUT2D eigenvalue weighted by Gasteiger charge is 2.31. The number of carbonyl (C=O) groups is 2. The zero-order valence-corrected chi connectivity index (χ0v) is 18.4. The maximum absolute atomic E-state index is 12.6. The van der Waals surface area contributed by atoms with Crippen LogP contribution in [0.2, 0.25) is 0 Å². The number of hydrogen-bond acceptors (Lipinski definition) is 2. The molecule has 0 bridgehead atoms. The molecule has 3 atom stereocenters. The molecule has 1 aliphatic rings. The molecule has 2 rings (SSSR count). The SMILES string of the molecule is CCC.CCCC(CC1CC(=O)c2c(C)cccc2C1)C(CC)C(=O)CC. The Balaban J connectivity index is 0.00000114. The molecule has 0 N–H and O–H groups in total. The van der Waals surface area contributed by atoms with Crippen molar-refractivity contribution in [2.45, 2.75) is 92.9 Å². The van der Waals surface area contributed by atoms with Gasteiger partial charge in [0, 0.05) is 24.3 Å². The van der Waals surface area contributed by atoms with Gasteiger partial charge in [0.05, 0.1) is 0 Å². The summed E-state index contributed by atoms with van der Waals surface area (Å²) in [5.74, 6) is 1.68. The Morgan fingerprint density at radius 2 is 1.78 bits per heavy atom. The minimum Gasteiger partial charge on any atom is -0.299 e. The van der Waals surface area contributed by atoms with Crippen LogP contribution in [-0.2, 0) is 11.2 Å². The van der Waals surface area contributed by atoms with Crippen LogP contribution in [0.4, 0.5) is 0 Å². The van der Waals surface area contributed by atoms with Gasteiger partial charge in [-0.2, -0.15) is 0 Å². The molecule has 0 saturated carbocycles. The van der Waals surface area contributed by atoms with E-state index >= 15 is 0 Å². The molecule has 1 aliphatic carbocycles. The van der Waals surface area contributed by atoms with Crippen molar-refractivity contribution in [3.63, 3.8) is 0 Å². The van der Waals surface area contributed by atoms with Crippen LogP contribution in [0.25, 0.3) is 0 Å². The molecule has 1 aromatic rings. The van der Waals surface area contributed by atoms with Crippen molar-refractivity contribution < 1.29 is 9.59 Å². The number of Topliss-reactive ketones (excluding diaryl/α,β-unsaturated/α-hetero) is 2. The van der Waals surface area contributed by atoms with E-state index in [4.69, 9.17) is 0 Å². The minimum absolute atomic E-state index is 0.170. The Labute approximate surface area is 167 Å². The Kier molecular flexibility index (Phi) is 10.6. The van der Waals surface area contributed by atoms with Gasteiger partial charge in [-0.1, -0.05) is 72.1 Å². The second kappa shape index (κ2) is 12.1. The van der Waals surface area contributed by atoms with E-state index in [-0.39, 0.29) is 5.92 Å². The van der Waals surface area contributed by atoms with E-state index in [1.807, 2.05) is 19.9 Å². The lowest BCUT2D eigenvalue weighted by Crippen LogP contribution is -2.28. The highest BCUT2D eigenvalue weighted by molar-refractivity contribution is 6.00. The highest BCUT2D eigenvalue weighted by atomic mass is 16.1. The largest absolute Gasteiger partial charge is 0.299 e. The fourth-order valence-electron chi connectivity index (χ4n) is 4.58. The van der Waals surface area contributed by atoms with Gasteiger partial charge in [-0.05, 0) is 49.1 Å². The lowest BCUT2D eigenvalue weighted by Gasteiger charge is -2.31. The zero-order valence-electron chi connectivity index (χ0n) is 18.4. The summed E-state index contributed by atoms with van der Waals surface area (Å²) < 4.78 is 0. The molecule has 27 heavy (non-hydrogen) atoms. The van der Waals surface area contributed by atoms with Crippen LogP contribution in [0.1, 0.15) is 101 Å². The van der Waals surface area contributed by atoms with Crippen LogP contribution in [0.3, 0.4) is 0 Å². The predicted molar refractivity (Wildman–Crippen MR) is 115 cm³/mol. The average Bonchev–Trinajstić information content (AvgIpc) is 2.62. The molecule has 2 heteroatoms. The first kappa shape index (κ1) is 23.6. The van der Waals surface area contributed by atoms with Gasteiger partial charge in [0.1, 0.15) is 5.78 Å². The van der Waals surface area contributed by atoms with Crippen LogP contribution >= 0.6 is 0 Å². The van der Waals surface area contributed by atoms with Gasteiger partial charge in [-0.15, -0.1) is 0 Å². The molecule has 0 heterocycles. The number of aryl methyl sites for hydroxylation is 1. The predicted octanol–water partition coefficient (Wildman–Crippen LogP) is 6.97. The van der Waals surface area contributed by atoms with Crippen LogP contribution in [0, 0.1) is 24.7 Å². The van der Waals surface area contributed by atoms with Gasteiger partial charge in [0.2, 0.25) is 0 Å². The van der Waals surface area contributed by atoms with E-state index in [0.717, 1.165) is 43.2 Å². The van der Waals surface area contributed by atoms with Crippen molar-refractivity contribution in [1.82, 2.24) is 0 Å².